The zero-order valence-electron chi connectivity index (χ0n) is 14.0. The topological polar surface area (TPSA) is 74.7 Å². The van der Waals surface area contributed by atoms with E-state index in [4.69, 9.17) is 11.6 Å². The highest BCUT2D eigenvalue weighted by Gasteiger charge is 2.26. The zero-order chi connectivity index (χ0) is 18.2. The predicted octanol–water partition coefficient (Wildman–Crippen LogP) is 3.02. The van der Waals surface area contributed by atoms with Crippen LogP contribution in [0.15, 0.2) is 51.9 Å². The third-order valence-electron chi connectivity index (χ3n) is 3.49. The van der Waals surface area contributed by atoms with Crippen molar-refractivity contribution in [3.05, 3.63) is 63.8 Å². The molecule has 0 spiro atoms. The summed E-state index contributed by atoms with van der Waals surface area (Å²) in [5.74, 6) is 0. The molecule has 0 saturated heterocycles. The van der Waals surface area contributed by atoms with Gasteiger partial charge in [-0.1, -0.05) is 34.2 Å². The van der Waals surface area contributed by atoms with E-state index in [1.807, 2.05) is 39.0 Å². The third-order valence-corrected chi connectivity index (χ3v) is 5.11. The van der Waals surface area contributed by atoms with Gasteiger partial charge in [0.1, 0.15) is 22.3 Å². The fourth-order valence-corrected chi connectivity index (χ4v) is 2.97. The molecule has 1 unspecified atom stereocenters. The lowest BCUT2D eigenvalue weighted by molar-refractivity contribution is 0.561. The molecule has 8 heteroatoms. The van der Waals surface area contributed by atoms with Gasteiger partial charge in [-0.25, -0.2) is 4.52 Å². The lowest BCUT2D eigenvalue weighted by atomic mass is 10.3. The molecular formula is C17H17ClN4O2S. The molecule has 3 rings (SSSR count). The zero-order valence-corrected chi connectivity index (χ0v) is 15.6. The summed E-state index contributed by atoms with van der Waals surface area (Å²) >= 11 is 4.66. The van der Waals surface area contributed by atoms with Crippen LogP contribution in [-0.4, -0.2) is 29.7 Å². The highest BCUT2D eigenvalue weighted by Crippen LogP contribution is 2.18. The summed E-state index contributed by atoms with van der Waals surface area (Å²) in [4.78, 5) is 13.0. The van der Waals surface area contributed by atoms with Crippen LogP contribution in [0.1, 0.15) is 26.5 Å². The molecule has 0 radical (unpaired) electrons. The maximum absolute atomic E-state index is 13.0. The molecule has 0 bridgehead atoms. The van der Waals surface area contributed by atoms with Gasteiger partial charge >= 0.3 is 0 Å². The van der Waals surface area contributed by atoms with E-state index in [-0.39, 0.29) is 16.1 Å². The molecule has 0 N–H and O–H groups in total. The van der Waals surface area contributed by atoms with Crippen LogP contribution in [0.5, 0.6) is 0 Å². The summed E-state index contributed by atoms with van der Waals surface area (Å²) in [7, 11) is 0. The van der Waals surface area contributed by atoms with E-state index < -0.39 is 16.1 Å². The van der Waals surface area contributed by atoms with Gasteiger partial charge in [-0.05, 0) is 32.9 Å². The Morgan fingerprint density at radius 1 is 1.28 bits per heavy atom. The number of fused-ring (bicyclic) bond motifs is 1. The minimum Gasteiger partial charge on any atom is -0.591 e. The molecule has 0 saturated carbocycles. The summed E-state index contributed by atoms with van der Waals surface area (Å²) in [6.45, 7) is 5.50. The van der Waals surface area contributed by atoms with E-state index >= 15 is 0 Å². The minimum atomic E-state index is -1.44. The number of halogens is 1. The second-order valence-corrected chi connectivity index (χ2v) is 8.75. The van der Waals surface area contributed by atoms with E-state index in [2.05, 4.69) is 9.50 Å². The maximum Gasteiger partial charge on any atom is 0.283 e. The van der Waals surface area contributed by atoms with Gasteiger partial charge in [0.2, 0.25) is 0 Å². The molecule has 2 heterocycles. The quantitative estimate of drug-likeness (QED) is 0.521. The number of para-hydroxylation sites is 1. The largest absolute Gasteiger partial charge is 0.591 e. The first-order chi connectivity index (χ1) is 11.8. The second-order valence-electron chi connectivity index (χ2n) is 6.41. The van der Waals surface area contributed by atoms with Gasteiger partial charge in [0.05, 0.1) is 23.1 Å². The summed E-state index contributed by atoms with van der Waals surface area (Å²) < 4.78 is 18.7. The Kier molecular flexibility index (Phi) is 4.73. The van der Waals surface area contributed by atoms with Gasteiger partial charge in [0.25, 0.3) is 5.56 Å². The molecule has 1 aromatic carbocycles. The van der Waals surface area contributed by atoms with Gasteiger partial charge in [-0.15, -0.1) is 0 Å². The van der Waals surface area contributed by atoms with Crippen molar-refractivity contribution in [1.82, 2.24) is 14.2 Å². The standard InChI is InChI=1S/C17H17ClN4O2S/c1-17(2,3)25(24)20-9-13-11-21-15(14(18)10-19-21)16(23)22(13)12-7-5-4-6-8-12/h4-11H,1-3H3/b20-9+. The average molecular weight is 377 g/mol. The van der Waals surface area contributed by atoms with E-state index in [1.165, 1.54) is 21.5 Å². The predicted molar refractivity (Wildman–Crippen MR) is 101 cm³/mol. The van der Waals surface area contributed by atoms with Crippen LogP contribution in [0.25, 0.3) is 11.2 Å². The lowest BCUT2D eigenvalue weighted by Gasteiger charge is -2.18. The van der Waals surface area contributed by atoms with Crippen molar-refractivity contribution in [2.45, 2.75) is 25.5 Å². The molecule has 0 aliphatic heterocycles. The molecule has 6 nitrogen and oxygen atoms in total. The Morgan fingerprint density at radius 3 is 2.60 bits per heavy atom. The van der Waals surface area contributed by atoms with Crippen LogP contribution in [-0.2, 0) is 11.4 Å². The number of aromatic nitrogens is 3. The van der Waals surface area contributed by atoms with Gasteiger partial charge in [0.15, 0.2) is 5.52 Å². The molecule has 130 valence electrons. The molecule has 0 fully saturated rings. The SMILES string of the molecule is CC(C)(C)[S+]([O-])/N=C/c1cn2ncc(Cl)c2c(=O)n1-c1ccccc1. The van der Waals surface area contributed by atoms with Crippen molar-refractivity contribution < 1.29 is 4.55 Å². The molecule has 0 aliphatic rings. The highest BCUT2D eigenvalue weighted by atomic mass is 35.5. The van der Waals surface area contributed by atoms with E-state index in [0.717, 1.165) is 0 Å². The van der Waals surface area contributed by atoms with Crippen molar-refractivity contribution in [3.8, 4) is 5.69 Å². The lowest BCUT2D eigenvalue weighted by Crippen LogP contribution is -2.27. The average Bonchev–Trinajstić information content (AvgIpc) is 2.94. The normalized spacial score (nSPS) is 13.6. The Labute approximate surface area is 153 Å². The number of nitrogens with zero attached hydrogens (tertiary/aromatic N) is 4. The molecule has 25 heavy (non-hydrogen) atoms. The smallest absolute Gasteiger partial charge is 0.283 e. The van der Waals surface area contributed by atoms with Crippen LogP contribution >= 0.6 is 11.6 Å². The van der Waals surface area contributed by atoms with Crippen LogP contribution in [0.2, 0.25) is 5.02 Å². The van der Waals surface area contributed by atoms with Crippen LogP contribution in [0.4, 0.5) is 0 Å². The van der Waals surface area contributed by atoms with Crippen LogP contribution < -0.4 is 5.56 Å². The fourth-order valence-electron chi connectivity index (χ4n) is 2.24. The van der Waals surface area contributed by atoms with Crippen molar-refractivity contribution >= 4 is 34.7 Å². The molecule has 0 aliphatic carbocycles. The molecule has 1 atom stereocenters. The van der Waals surface area contributed by atoms with E-state index in [9.17, 15) is 9.35 Å². The van der Waals surface area contributed by atoms with E-state index in [0.29, 0.717) is 11.4 Å². The second kappa shape index (κ2) is 6.67. The van der Waals surface area contributed by atoms with Crippen LogP contribution in [0.3, 0.4) is 0 Å². The maximum atomic E-state index is 13.0. The number of hydrogen-bond acceptors (Lipinski definition) is 4. The Hall–Kier alpha value is -2.09. The Bertz CT molecular complexity index is 990. The summed E-state index contributed by atoms with van der Waals surface area (Å²) in [5, 5.41) is 4.36. The Balaban J connectivity index is 2.23. The van der Waals surface area contributed by atoms with Gasteiger partial charge < -0.3 is 4.55 Å². The summed E-state index contributed by atoms with van der Waals surface area (Å²) in [6, 6.07) is 9.14. The number of rotatable bonds is 3. The minimum absolute atomic E-state index is 0.274. The van der Waals surface area contributed by atoms with Crippen molar-refractivity contribution in [3.63, 3.8) is 0 Å². The van der Waals surface area contributed by atoms with Crippen molar-refractivity contribution in [2.75, 3.05) is 0 Å². The monoisotopic (exact) mass is 376 g/mol. The molecule has 2 aromatic heterocycles. The fraction of sp³-hybridized carbons (Fsp3) is 0.235. The van der Waals surface area contributed by atoms with Gasteiger partial charge in [0, 0.05) is 5.69 Å². The number of benzene rings is 1. The Morgan fingerprint density at radius 2 is 1.96 bits per heavy atom. The van der Waals surface area contributed by atoms with Gasteiger partial charge in [-0.2, -0.15) is 5.10 Å². The van der Waals surface area contributed by atoms with Crippen molar-refractivity contribution in [2.24, 2.45) is 4.40 Å². The highest BCUT2D eigenvalue weighted by molar-refractivity contribution is 7.91. The van der Waals surface area contributed by atoms with Crippen molar-refractivity contribution in [1.29, 1.82) is 0 Å². The van der Waals surface area contributed by atoms with Crippen LogP contribution in [0, 0.1) is 0 Å². The first-order valence-electron chi connectivity index (χ1n) is 7.59. The number of hydrogen-bond donors (Lipinski definition) is 0. The summed E-state index contributed by atoms with van der Waals surface area (Å²) in [5.41, 5.74) is 1.08. The summed E-state index contributed by atoms with van der Waals surface area (Å²) in [6.07, 6.45) is 4.49. The van der Waals surface area contributed by atoms with E-state index in [1.54, 1.807) is 18.3 Å². The van der Waals surface area contributed by atoms with Gasteiger partial charge in [-0.3, -0.25) is 9.36 Å². The molecular weight excluding hydrogens is 360 g/mol. The first kappa shape index (κ1) is 17.7. The molecule has 0 amide bonds. The first-order valence-corrected chi connectivity index (χ1v) is 9.08. The third kappa shape index (κ3) is 3.49. The molecule has 3 aromatic rings.